The maximum absolute atomic E-state index is 13.0. The van der Waals surface area contributed by atoms with Crippen LogP contribution in [0.2, 0.25) is 0 Å². The summed E-state index contributed by atoms with van der Waals surface area (Å²) in [6.45, 7) is 17.4. The Labute approximate surface area is 753 Å². The Bertz CT molecular complexity index is 5230. The fourth-order valence-corrected chi connectivity index (χ4v) is 19.0. The molecule has 0 saturated carbocycles. The van der Waals surface area contributed by atoms with E-state index in [4.69, 9.17) is 64.4 Å². The van der Waals surface area contributed by atoms with E-state index in [1.54, 1.807) is 18.8 Å². The summed E-state index contributed by atoms with van der Waals surface area (Å²) >= 11 is 2.18. The minimum Gasteiger partial charge on any atom is -1.00 e. The molecule has 6 aromatic heterocycles. The minimum absolute atomic E-state index is 0. The van der Waals surface area contributed by atoms with Crippen molar-refractivity contribution in [2.45, 2.75) is 206 Å². The quantitative estimate of drug-likeness (QED) is 0.0180. The number of carbonyl (C=O) groups excluding carboxylic acids is 5. The van der Waals surface area contributed by atoms with Gasteiger partial charge in [0.05, 0.1) is 25.3 Å². The molecule has 34 nitrogen and oxygen atoms in total. The number of rotatable bonds is 13. The van der Waals surface area contributed by atoms with E-state index in [1.807, 2.05) is 64.4 Å². The number of amides is 4. The maximum atomic E-state index is 13.0. The molecule has 2 unspecified atom stereocenters. The zero-order valence-electron chi connectivity index (χ0n) is 70.8. The van der Waals surface area contributed by atoms with E-state index < -0.39 is 23.4 Å². The van der Waals surface area contributed by atoms with E-state index >= 15 is 0 Å². The van der Waals surface area contributed by atoms with E-state index in [1.165, 1.54) is 29.2 Å². The fraction of sp³-hybridized carbons (Fsp3) is 0.536. The van der Waals surface area contributed by atoms with Gasteiger partial charge in [-0.2, -0.15) is 15.3 Å². The molecule has 120 heavy (non-hydrogen) atoms. The van der Waals surface area contributed by atoms with Crippen LogP contribution >= 0.6 is 22.6 Å². The molecule has 0 bridgehead atoms. The number of aliphatic hydroxyl groups is 2. The van der Waals surface area contributed by atoms with Gasteiger partial charge >= 0.3 is 69.5 Å². The number of esters is 1. The number of alkyl carbamates (subject to hydrolysis) is 2. The normalized spacial score (nSPS) is 20.5. The van der Waals surface area contributed by atoms with Crippen molar-refractivity contribution in [3.05, 3.63) is 138 Å². The van der Waals surface area contributed by atoms with Crippen molar-refractivity contribution in [3.8, 4) is 0 Å². The van der Waals surface area contributed by atoms with Crippen LogP contribution in [0.4, 0.5) is 27.0 Å². The van der Waals surface area contributed by atoms with Gasteiger partial charge in [0.2, 0.25) is 5.65 Å². The number of hydrogen-bond donors (Lipinski definition) is 9. The number of carbonyl (C=O) groups is 6. The third kappa shape index (κ3) is 18.8. The zero-order chi connectivity index (χ0) is 84.3. The largest absolute Gasteiger partial charge is 1.00 e. The third-order valence-corrected chi connectivity index (χ3v) is 24.9. The van der Waals surface area contributed by atoms with E-state index in [0.717, 1.165) is 124 Å². The van der Waals surface area contributed by atoms with Crippen LogP contribution in [0.25, 0.3) is 33.5 Å². The average Bonchev–Trinajstić information content (AvgIpc) is 1.60. The Morgan fingerprint density at radius 2 is 1.01 bits per heavy atom. The van der Waals surface area contributed by atoms with Crippen LogP contribution in [0, 0.1) is 19.9 Å². The molecule has 0 radical (unpaired) electrons. The summed E-state index contributed by atoms with van der Waals surface area (Å²) in [5.74, 6) is 0.847. The molecule has 36 heteroatoms. The van der Waals surface area contributed by atoms with Crippen LogP contribution in [0.15, 0.2) is 72.8 Å². The molecule has 5 aliphatic heterocycles. The zero-order valence-corrected chi connectivity index (χ0v) is 75.1. The van der Waals surface area contributed by atoms with Gasteiger partial charge in [0.1, 0.15) is 51.4 Å². The molecule has 3 aliphatic carbocycles. The smallest absolute Gasteiger partial charge is 1.00 e. The first-order chi connectivity index (χ1) is 57.1. The van der Waals surface area contributed by atoms with Crippen molar-refractivity contribution >= 4 is 110 Å². The number of halogens is 1. The van der Waals surface area contributed by atoms with Gasteiger partial charge in [-0.1, -0.05) is 72.8 Å². The van der Waals surface area contributed by atoms with Gasteiger partial charge in [-0.3, -0.25) is 24.3 Å². The second-order valence-electron chi connectivity index (χ2n) is 33.9. The van der Waals surface area contributed by atoms with E-state index in [0.29, 0.717) is 107 Å². The third-order valence-electron chi connectivity index (χ3n) is 24.2. The van der Waals surface area contributed by atoms with Crippen LogP contribution in [-0.4, -0.2) is 189 Å². The number of aromatic amines is 1. The Balaban J connectivity index is 0.000000165. The molecular formula is C84H108IKN20O14. The van der Waals surface area contributed by atoms with Crippen molar-refractivity contribution in [2.24, 2.45) is 22.0 Å². The number of carboxylic acid groups (broad SMARTS) is 1. The molecule has 11 heterocycles. The first-order valence-electron chi connectivity index (χ1n) is 40.9. The predicted molar refractivity (Wildman–Crippen MR) is 450 cm³/mol. The molecule has 636 valence electrons. The molecule has 5 atom stereocenters. The first kappa shape index (κ1) is 89.1. The van der Waals surface area contributed by atoms with Crippen molar-refractivity contribution in [1.29, 1.82) is 0 Å². The molecule has 5 saturated heterocycles. The summed E-state index contributed by atoms with van der Waals surface area (Å²) in [6.07, 6.45) is 12.3. The van der Waals surface area contributed by atoms with E-state index in [9.17, 15) is 34.2 Å². The fourth-order valence-electron chi connectivity index (χ4n) is 18.4. The number of fused-ring (bicyclic) bond motifs is 6. The van der Waals surface area contributed by atoms with Crippen LogP contribution in [-0.2, 0) is 72.4 Å². The van der Waals surface area contributed by atoms with Crippen LogP contribution in [0.3, 0.4) is 0 Å². The summed E-state index contributed by atoms with van der Waals surface area (Å²) in [5.41, 5.74) is 17.4. The standard InChI is InChI=1S/C31H39IN6O5.C31H41N7O5.C21H25N7O2.CH2O2.K.H/c1-19(39)42-18-22-27(35-28-24(33-22)26(32)36-38(28)23-11-7-8-16-41-23)37-14-12-31(13-15-37)17-20-9-5-6-10-21(20)25(31)34-29(40)43-30(2,3)4;1-30(2,3)43-29(41)34-25-20-10-6-5-9-19(20)17-31(25)12-14-37(15-13-31)26-21(18-39)33-23-24(28(40)32-4)36-38(27(23)35-26)22-11-7-8-16-42-22;1-23-20(30)16-15-18(27-26-16)25-19(14(11-29)24-15)28-8-6-21(7-9-28)10-12-4-2-3-5-13(12)17(21)22;2-1-3;;/h5-6,9-10,23,25H,7-8,11-18H2,1-4H3,(H,34,40);5-6,9-10,22,25,39H,7-8,11-18H2,1-4H3,(H,32,40)(H,34,41);2-5,17,29H,6-11,22H2,1H3,(H,23,30)(H,25,26,27);1H,(H,2,3);;/q;;;;+1;-1/t23?,25-;22?,25-;17-;;;/m111.../s1. The Kier molecular flexibility index (Phi) is 27.9. The Morgan fingerprint density at radius 1 is 0.592 bits per heavy atom. The van der Waals surface area contributed by atoms with Crippen molar-refractivity contribution in [3.63, 3.8) is 0 Å². The molecule has 9 aromatic rings. The molecular weight excluding hydrogens is 1680 g/mol. The average molecular weight is 1790 g/mol. The topological polar surface area (TPSA) is 435 Å². The number of ether oxygens (including phenoxy) is 5. The number of nitrogens with two attached hydrogens (primary N) is 1. The van der Waals surface area contributed by atoms with Gasteiger partial charge in [0, 0.05) is 90.4 Å². The molecule has 4 amide bonds. The van der Waals surface area contributed by atoms with E-state index in [-0.39, 0.29) is 155 Å². The number of aromatic nitrogens is 12. The number of piperidine rings is 3. The van der Waals surface area contributed by atoms with Gasteiger partial charge in [-0.15, -0.1) is 0 Å². The summed E-state index contributed by atoms with van der Waals surface area (Å²) < 4.78 is 33.1. The number of H-pyrrole nitrogens is 1. The Morgan fingerprint density at radius 3 is 1.46 bits per heavy atom. The van der Waals surface area contributed by atoms with Gasteiger partial charge in [-0.05, 0) is 199 Å². The van der Waals surface area contributed by atoms with Gasteiger partial charge in [0.25, 0.3) is 18.3 Å². The number of benzene rings is 3. The van der Waals surface area contributed by atoms with Crippen molar-refractivity contribution in [1.82, 2.24) is 80.9 Å². The second-order valence-corrected chi connectivity index (χ2v) is 35.0. The first-order valence-corrected chi connectivity index (χ1v) is 42.0. The van der Waals surface area contributed by atoms with Gasteiger partial charge in [0.15, 0.2) is 56.3 Å². The molecule has 3 aromatic carbocycles. The Hall–Kier alpha value is -8.70. The summed E-state index contributed by atoms with van der Waals surface area (Å²) in [4.78, 5) is 106. The number of hydrogen-bond acceptors (Lipinski definition) is 26. The second kappa shape index (κ2) is 37.6. The molecule has 5 fully saturated rings. The van der Waals surface area contributed by atoms with Crippen LogP contribution in [0.5, 0.6) is 0 Å². The van der Waals surface area contributed by atoms with Crippen molar-refractivity contribution in [2.75, 3.05) is 81.3 Å². The summed E-state index contributed by atoms with van der Waals surface area (Å²) in [7, 11) is 3.09. The monoisotopic (exact) mass is 1790 g/mol. The minimum atomic E-state index is -0.594. The molecule has 8 aliphatic rings. The SMILES string of the molecule is CC(=O)OCc1nc2c(I)nn(C3CCCCO3)c2nc1N1CCC2(CC1)Cc1ccccc1[C@H]2NC(=O)OC(C)(C)C.CNC(=O)c1[nH]nc2nc(N3CCC4(CC3)Cc3ccccc3[C@H]4N)c(CO)nc12.CNC(=O)c1nn(C2CCCCO2)c2nc(N3CCC4(CC3)Cc3ccccc3[C@H]4NC(=O)OC(C)(C)C)c(CO)nc12.O=CO.[H-].[K+]. The molecule has 10 N–H and O–H groups in total. The molecule has 3 spiro atoms. The van der Waals surface area contributed by atoms with Gasteiger partial charge < -0.3 is 82.1 Å². The summed E-state index contributed by atoms with van der Waals surface area (Å²) in [6, 6.07) is 24.8. The van der Waals surface area contributed by atoms with Gasteiger partial charge in [-0.25, -0.2) is 48.9 Å². The molecule has 17 rings (SSSR count). The number of nitrogens with zero attached hydrogens (tertiary/aromatic N) is 14. The van der Waals surface area contributed by atoms with Crippen LogP contribution in [0.1, 0.15) is 229 Å². The van der Waals surface area contributed by atoms with Crippen LogP contribution < -0.4 is 93.1 Å². The maximum Gasteiger partial charge on any atom is 1.00 e. The summed E-state index contributed by atoms with van der Waals surface area (Å²) in [5, 5.41) is 55.0. The number of anilines is 3. The number of aliphatic hydroxyl groups excluding tert-OH is 2. The predicted octanol–water partition coefficient (Wildman–Crippen LogP) is 7.25. The number of nitrogens with one attached hydrogen (secondary N) is 5. The van der Waals surface area contributed by atoms with Crippen molar-refractivity contribution < 1.29 is 121 Å². The van der Waals surface area contributed by atoms with E-state index in [2.05, 4.69) is 138 Å².